The maximum absolute atomic E-state index is 9.25. The lowest BCUT2D eigenvalue weighted by Crippen LogP contribution is -2.10. The highest BCUT2D eigenvalue weighted by molar-refractivity contribution is 5.81. The Balaban J connectivity index is 2.06. The smallest absolute Gasteiger partial charge is 0.263 e. The van der Waals surface area contributed by atoms with Crippen molar-refractivity contribution in [1.82, 2.24) is 14.9 Å². The fraction of sp³-hybridized carbons (Fsp3) is 0. The summed E-state index contributed by atoms with van der Waals surface area (Å²) < 4.78 is 1.17. The zero-order valence-corrected chi connectivity index (χ0v) is 8.65. The van der Waals surface area contributed by atoms with Crippen LogP contribution in [-0.4, -0.2) is 31.3 Å². The molecule has 0 fully saturated rings. The molecule has 2 aromatic rings. The molecule has 0 amide bonds. The first-order valence-corrected chi connectivity index (χ1v) is 4.63. The quantitative estimate of drug-likeness (QED) is 0.253. The van der Waals surface area contributed by atoms with Crippen molar-refractivity contribution >= 4 is 12.2 Å². The molecule has 2 rings (SSSR count). The third kappa shape index (κ3) is 2.43. The highest BCUT2D eigenvalue weighted by atomic mass is 16.3. The zero-order valence-electron chi connectivity index (χ0n) is 8.65. The van der Waals surface area contributed by atoms with Crippen LogP contribution in [0, 0.1) is 0 Å². The molecule has 0 bridgehead atoms. The molecule has 0 atom stereocenters. The Kier molecular flexibility index (Phi) is 2.77. The Morgan fingerprint density at radius 2 is 2.18 bits per heavy atom. The number of hydrogen-bond donors (Lipinski definition) is 4. The van der Waals surface area contributed by atoms with Crippen molar-refractivity contribution in [3.05, 3.63) is 30.1 Å². The van der Waals surface area contributed by atoms with E-state index in [2.05, 4.69) is 20.7 Å². The molecule has 0 radical (unpaired) electrons. The molecule has 17 heavy (non-hydrogen) atoms. The van der Waals surface area contributed by atoms with Gasteiger partial charge in [0.25, 0.3) is 5.95 Å². The molecule has 0 unspecified atom stereocenters. The maximum Gasteiger partial charge on any atom is 0.263 e. The molecule has 8 nitrogen and oxygen atoms in total. The number of aromatic hydroxyl groups is 2. The van der Waals surface area contributed by atoms with E-state index in [1.807, 2.05) is 0 Å². The number of nitrogens with zero attached hydrogens (tertiary/aromatic N) is 4. The van der Waals surface area contributed by atoms with Gasteiger partial charge in [0.15, 0.2) is 11.5 Å². The number of hydrogen-bond acceptors (Lipinski definition) is 7. The molecule has 0 aliphatic rings. The number of nitrogen functional groups attached to an aromatic ring is 1. The second-order valence-electron chi connectivity index (χ2n) is 3.18. The molecule has 0 aliphatic carbocycles. The summed E-state index contributed by atoms with van der Waals surface area (Å²) in [7, 11) is 0. The summed E-state index contributed by atoms with van der Waals surface area (Å²) in [4.78, 5) is 0. The molecule has 5 N–H and O–H groups in total. The lowest BCUT2D eigenvalue weighted by molar-refractivity contribution is 0.403. The second kappa shape index (κ2) is 4.39. The predicted octanol–water partition coefficient (Wildman–Crippen LogP) is -0.151. The third-order valence-corrected chi connectivity index (χ3v) is 1.95. The number of hydrazone groups is 1. The van der Waals surface area contributed by atoms with Gasteiger partial charge in [0.2, 0.25) is 0 Å². The molecular formula is C9H10N6O2. The van der Waals surface area contributed by atoms with Crippen LogP contribution in [-0.2, 0) is 0 Å². The Bertz CT molecular complexity index is 550. The normalized spacial score (nSPS) is 10.8. The van der Waals surface area contributed by atoms with E-state index < -0.39 is 0 Å². The number of benzene rings is 1. The number of nitrogens with two attached hydrogens (primary N) is 1. The van der Waals surface area contributed by atoms with Crippen LogP contribution < -0.4 is 11.3 Å². The van der Waals surface area contributed by atoms with Gasteiger partial charge in [-0.3, -0.25) is 0 Å². The van der Waals surface area contributed by atoms with Crippen LogP contribution in [0.2, 0.25) is 0 Å². The Labute approximate surface area is 96.0 Å². The largest absolute Gasteiger partial charge is 0.504 e. The minimum absolute atomic E-state index is 0.184. The Morgan fingerprint density at radius 3 is 2.82 bits per heavy atom. The highest BCUT2D eigenvalue weighted by Gasteiger charge is 1.99. The van der Waals surface area contributed by atoms with E-state index in [4.69, 9.17) is 10.9 Å². The lowest BCUT2D eigenvalue weighted by atomic mass is 10.2. The third-order valence-electron chi connectivity index (χ3n) is 1.95. The van der Waals surface area contributed by atoms with Crippen LogP contribution in [0.15, 0.2) is 29.6 Å². The van der Waals surface area contributed by atoms with Crippen LogP contribution in [0.5, 0.6) is 11.5 Å². The standard InChI is InChI=1S/C9H10N6O2/c10-15-5-12-14-9(15)13-11-4-6-1-2-7(16)8(17)3-6/h1-5,16-17H,10H2,(H,13,14)/b11-4-. The van der Waals surface area contributed by atoms with Crippen molar-refractivity contribution in [3.8, 4) is 11.5 Å². The van der Waals surface area contributed by atoms with Crippen molar-refractivity contribution in [2.45, 2.75) is 0 Å². The second-order valence-corrected chi connectivity index (χ2v) is 3.18. The first-order valence-electron chi connectivity index (χ1n) is 4.63. The Hall–Kier alpha value is -2.77. The van der Waals surface area contributed by atoms with E-state index in [0.29, 0.717) is 5.56 Å². The van der Waals surface area contributed by atoms with Crippen LogP contribution in [0.4, 0.5) is 5.95 Å². The summed E-state index contributed by atoms with van der Waals surface area (Å²) in [5.74, 6) is 5.33. The van der Waals surface area contributed by atoms with Gasteiger partial charge in [0.1, 0.15) is 6.33 Å². The average Bonchev–Trinajstić information content (AvgIpc) is 2.70. The van der Waals surface area contributed by atoms with Crippen LogP contribution in [0.1, 0.15) is 5.56 Å². The fourth-order valence-corrected chi connectivity index (χ4v) is 1.11. The summed E-state index contributed by atoms with van der Waals surface area (Å²) in [5, 5.41) is 29.4. The van der Waals surface area contributed by atoms with E-state index in [1.54, 1.807) is 6.07 Å². The molecule has 0 saturated carbocycles. The molecule has 88 valence electrons. The van der Waals surface area contributed by atoms with E-state index in [-0.39, 0.29) is 17.4 Å². The van der Waals surface area contributed by atoms with Gasteiger partial charge in [0.05, 0.1) is 6.21 Å². The highest BCUT2D eigenvalue weighted by Crippen LogP contribution is 2.23. The average molecular weight is 234 g/mol. The molecular weight excluding hydrogens is 224 g/mol. The summed E-state index contributed by atoms with van der Waals surface area (Å²) in [6.07, 6.45) is 2.76. The van der Waals surface area contributed by atoms with Gasteiger partial charge in [-0.1, -0.05) is 0 Å². The van der Waals surface area contributed by atoms with Crippen LogP contribution in [0.3, 0.4) is 0 Å². The van der Waals surface area contributed by atoms with Gasteiger partial charge in [-0.05, 0) is 23.8 Å². The van der Waals surface area contributed by atoms with Gasteiger partial charge in [-0.2, -0.15) is 5.10 Å². The molecule has 0 saturated heterocycles. The van der Waals surface area contributed by atoms with Crippen molar-refractivity contribution < 1.29 is 10.2 Å². The van der Waals surface area contributed by atoms with Gasteiger partial charge in [-0.25, -0.2) is 10.1 Å². The first kappa shape index (κ1) is 10.7. The van der Waals surface area contributed by atoms with E-state index in [9.17, 15) is 5.11 Å². The van der Waals surface area contributed by atoms with Crippen molar-refractivity contribution in [3.63, 3.8) is 0 Å². The molecule has 1 heterocycles. The van der Waals surface area contributed by atoms with Gasteiger partial charge < -0.3 is 16.1 Å². The van der Waals surface area contributed by atoms with Crippen LogP contribution in [0.25, 0.3) is 0 Å². The maximum atomic E-state index is 9.25. The zero-order chi connectivity index (χ0) is 12.3. The topological polar surface area (TPSA) is 122 Å². The SMILES string of the molecule is Nn1cnnc1N/N=C\c1ccc(O)c(O)c1. The lowest BCUT2D eigenvalue weighted by Gasteiger charge is -1.99. The van der Waals surface area contributed by atoms with Crippen molar-refractivity contribution in [2.24, 2.45) is 5.10 Å². The first-order chi connectivity index (χ1) is 8.16. The number of rotatable bonds is 3. The monoisotopic (exact) mass is 234 g/mol. The van der Waals surface area contributed by atoms with Crippen molar-refractivity contribution in [1.29, 1.82) is 0 Å². The summed E-state index contributed by atoms with van der Waals surface area (Å²) in [5.41, 5.74) is 3.17. The number of phenols is 2. The van der Waals surface area contributed by atoms with Crippen molar-refractivity contribution in [2.75, 3.05) is 11.3 Å². The van der Waals surface area contributed by atoms with E-state index in [1.165, 1.54) is 29.4 Å². The minimum atomic E-state index is -0.212. The number of aromatic nitrogens is 3. The summed E-state index contributed by atoms with van der Waals surface area (Å²) in [6, 6.07) is 4.32. The fourth-order valence-electron chi connectivity index (χ4n) is 1.11. The predicted molar refractivity (Wildman–Crippen MR) is 61.2 cm³/mol. The minimum Gasteiger partial charge on any atom is -0.504 e. The molecule has 0 aliphatic heterocycles. The number of anilines is 1. The molecule has 0 spiro atoms. The van der Waals surface area contributed by atoms with E-state index >= 15 is 0 Å². The van der Waals surface area contributed by atoms with Gasteiger partial charge >= 0.3 is 0 Å². The van der Waals surface area contributed by atoms with Gasteiger partial charge in [-0.15, -0.1) is 10.2 Å². The van der Waals surface area contributed by atoms with E-state index in [0.717, 1.165) is 0 Å². The van der Waals surface area contributed by atoms with Crippen LogP contribution >= 0.6 is 0 Å². The summed E-state index contributed by atoms with van der Waals surface area (Å²) >= 11 is 0. The number of nitrogens with one attached hydrogen (secondary N) is 1. The van der Waals surface area contributed by atoms with Gasteiger partial charge in [0, 0.05) is 0 Å². The summed E-state index contributed by atoms with van der Waals surface area (Å²) in [6.45, 7) is 0. The number of phenolic OH excluding ortho intramolecular Hbond substituents is 2. The Morgan fingerprint density at radius 1 is 1.35 bits per heavy atom. The molecule has 1 aromatic carbocycles. The molecule has 1 aromatic heterocycles. The molecule has 8 heteroatoms.